The van der Waals surface area contributed by atoms with Crippen molar-refractivity contribution in [1.29, 1.82) is 0 Å². The minimum atomic E-state index is 0.267. The quantitative estimate of drug-likeness (QED) is 0.704. The van der Waals surface area contributed by atoms with Crippen molar-refractivity contribution in [2.45, 2.75) is 56.9 Å². The molecule has 2 saturated carbocycles. The molecule has 2 unspecified atom stereocenters. The Bertz CT molecular complexity index is 423. The molecule has 0 aliphatic heterocycles. The van der Waals surface area contributed by atoms with E-state index in [0.29, 0.717) is 11.5 Å². The van der Waals surface area contributed by atoms with E-state index in [1.54, 1.807) is 0 Å². The molecule has 2 heteroatoms. The van der Waals surface area contributed by atoms with Gasteiger partial charge in [-0.25, -0.2) is 0 Å². The Morgan fingerprint density at radius 1 is 1.22 bits per heavy atom. The first-order valence-electron chi connectivity index (χ1n) is 7.08. The van der Waals surface area contributed by atoms with E-state index in [-0.39, 0.29) is 5.41 Å². The van der Waals surface area contributed by atoms with Crippen LogP contribution < -0.4 is 4.74 Å². The molecule has 3 rings (SSSR count). The van der Waals surface area contributed by atoms with Crippen molar-refractivity contribution >= 4 is 11.6 Å². The summed E-state index contributed by atoms with van der Waals surface area (Å²) in [6.07, 6.45) is 7.84. The van der Waals surface area contributed by atoms with Crippen LogP contribution in [-0.4, -0.2) is 11.5 Å². The van der Waals surface area contributed by atoms with E-state index < -0.39 is 0 Å². The van der Waals surface area contributed by atoms with E-state index in [9.17, 15) is 0 Å². The van der Waals surface area contributed by atoms with Crippen LogP contribution in [0.1, 0.15) is 44.1 Å². The number of aryl methyl sites for hydroxylation is 1. The van der Waals surface area contributed by atoms with E-state index in [2.05, 4.69) is 31.2 Å². The highest BCUT2D eigenvalue weighted by Gasteiger charge is 2.55. The lowest BCUT2D eigenvalue weighted by Crippen LogP contribution is -2.58. The first-order chi connectivity index (χ1) is 8.71. The standard InChI is InChI=1S/C16H21ClO/c1-12-6-5-7-13(10-12)18-15-11-14(17)16(15)8-3-2-4-9-16/h5-7,10,14-15H,2-4,8-9,11H2,1H3. The van der Waals surface area contributed by atoms with Gasteiger partial charge in [0.25, 0.3) is 0 Å². The molecular formula is C16H21ClO. The van der Waals surface area contributed by atoms with Crippen LogP contribution in [-0.2, 0) is 0 Å². The molecule has 0 saturated heterocycles. The summed E-state index contributed by atoms with van der Waals surface area (Å²) in [6, 6.07) is 8.35. The first-order valence-corrected chi connectivity index (χ1v) is 7.52. The molecule has 1 spiro atoms. The summed E-state index contributed by atoms with van der Waals surface area (Å²) in [4.78, 5) is 0. The van der Waals surface area contributed by atoms with Crippen LogP contribution in [0.15, 0.2) is 24.3 Å². The molecule has 0 bridgehead atoms. The third-order valence-electron chi connectivity index (χ3n) is 4.74. The van der Waals surface area contributed by atoms with Crippen LogP contribution in [0.4, 0.5) is 0 Å². The molecule has 98 valence electrons. The van der Waals surface area contributed by atoms with Gasteiger partial charge in [-0.15, -0.1) is 11.6 Å². The molecule has 0 heterocycles. The third kappa shape index (κ3) is 2.03. The predicted octanol–water partition coefficient (Wildman–Crippen LogP) is 4.70. The summed E-state index contributed by atoms with van der Waals surface area (Å²) < 4.78 is 6.21. The highest BCUT2D eigenvalue weighted by atomic mass is 35.5. The third-order valence-corrected chi connectivity index (χ3v) is 5.35. The molecule has 0 radical (unpaired) electrons. The smallest absolute Gasteiger partial charge is 0.120 e. The SMILES string of the molecule is Cc1cccc(OC2CC(Cl)C23CCCCC3)c1. The van der Waals surface area contributed by atoms with E-state index in [0.717, 1.165) is 12.2 Å². The normalized spacial score (nSPS) is 29.9. The molecule has 0 N–H and O–H groups in total. The van der Waals surface area contributed by atoms with E-state index in [1.165, 1.54) is 37.7 Å². The Kier molecular flexibility index (Phi) is 3.27. The molecular weight excluding hydrogens is 244 g/mol. The average molecular weight is 265 g/mol. The molecule has 0 aromatic heterocycles. The molecule has 1 nitrogen and oxygen atoms in total. The second-order valence-corrected chi connectivity index (χ2v) is 6.45. The van der Waals surface area contributed by atoms with Crippen molar-refractivity contribution in [2.75, 3.05) is 0 Å². The lowest BCUT2D eigenvalue weighted by molar-refractivity contribution is -0.0650. The van der Waals surface area contributed by atoms with E-state index in [4.69, 9.17) is 16.3 Å². The fraction of sp³-hybridized carbons (Fsp3) is 0.625. The van der Waals surface area contributed by atoms with Gasteiger partial charge in [0.1, 0.15) is 11.9 Å². The van der Waals surface area contributed by atoms with Gasteiger partial charge >= 0.3 is 0 Å². The van der Waals surface area contributed by atoms with Gasteiger partial charge in [0.05, 0.1) is 0 Å². The summed E-state index contributed by atoms with van der Waals surface area (Å²) in [6.45, 7) is 2.11. The van der Waals surface area contributed by atoms with Gasteiger partial charge in [-0.1, -0.05) is 31.4 Å². The molecule has 2 aliphatic carbocycles. The maximum atomic E-state index is 6.50. The largest absolute Gasteiger partial charge is 0.490 e. The van der Waals surface area contributed by atoms with E-state index >= 15 is 0 Å². The van der Waals surface area contributed by atoms with Gasteiger partial charge in [0.2, 0.25) is 0 Å². The second kappa shape index (κ2) is 4.77. The molecule has 18 heavy (non-hydrogen) atoms. The molecule has 2 atom stereocenters. The van der Waals surface area contributed by atoms with Crippen molar-refractivity contribution in [3.8, 4) is 5.75 Å². The Labute approximate surface area is 114 Å². The van der Waals surface area contributed by atoms with E-state index in [1.807, 2.05) is 0 Å². The minimum absolute atomic E-state index is 0.267. The van der Waals surface area contributed by atoms with Crippen LogP contribution in [0.25, 0.3) is 0 Å². The molecule has 1 aromatic carbocycles. The number of rotatable bonds is 2. The number of ether oxygens (including phenoxy) is 1. The Balaban J connectivity index is 1.73. The van der Waals surface area contributed by atoms with Crippen molar-refractivity contribution in [2.24, 2.45) is 5.41 Å². The summed E-state index contributed by atoms with van der Waals surface area (Å²) >= 11 is 6.50. The molecule has 2 fully saturated rings. The maximum Gasteiger partial charge on any atom is 0.120 e. The lowest BCUT2D eigenvalue weighted by atomic mass is 9.58. The number of halogens is 1. The topological polar surface area (TPSA) is 9.23 Å². The van der Waals surface area contributed by atoms with Crippen LogP contribution in [0.3, 0.4) is 0 Å². The monoisotopic (exact) mass is 264 g/mol. The zero-order chi connectivity index (χ0) is 12.6. The van der Waals surface area contributed by atoms with Crippen LogP contribution in [0, 0.1) is 12.3 Å². The van der Waals surface area contributed by atoms with Crippen LogP contribution in [0.2, 0.25) is 0 Å². The molecule has 2 aliphatic rings. The number of hydrogen-bond donors (Lipinski definition) is 0. The molecule has 0 amide bonds. The van der Waals surface area contributed by atoms with Crippen molar-refractivity contribution in [1.82, 2.24) is 0 Å². The van der Waals surface area contributed by atoms with Crippen LogP contribution in [0.5, 0.6) is 5.75 Å². The highest BCUT2D eigenvalue weighted by molar-refractivity contribution is 6.21. The summed E-state index contributed by atoms with van der Waals surface area (Å²) in [5.74, 6) is 1.01. The van der Waals surface area contributed by atoms with Crippen molar-refractivity contribution in [3.05, 3.63) is 29.8 Å². The fourth-order valence-corrected chi connectivity index (χ4v) is 4.08. The average Bonchev–Trinajstić information content (AvgIpc) is 2.39. The zero-order valence-electron chi connectivity index (χ0n) is 11.0. The summed E-state index contributed by atoms with van der Waals surface area (Å²) in [7, 11) is 0. The number of hydrogen-bond acceptors (Lipinski definition) is 1. The molecule has 1 aromatic rings. The number of benzene rings is 1. The first kappa shape index (κ1) is 12.3. The summed E-state index contributed by atoms with van der Waals surface area (Å²) in [5, 5.41) is 0.326. The second-order valence-electron chi connectivity index (χ2n) is 5.92. The Hall–Kier alpha value is -0.690. The van der Waals surface area contributed by atoms with Gasteiger partial charge in [-0.2, -0.15) is 0 Å². The van der Waals surface area contributed by atoms with Crippen molar-refractivity contribution in [3.63, 3.8) is 0 Å². The van der Waals surface area contributed by atoms with Gasteiger partial charge in [-0.05, 0) is 37.5 Å². The zero-order valence-corrected chi connectivity index (χ0v) is 11.7. The van der Waals surface area contributed by atoms with Crippen molar-refractivity contribution < 1.29 is 4.74 Å². The van der Waals surface area contributed by atoms with Gasteiger partial charge < -0.3 is 4.74 Å². The number of alkyl halides is 1. The maximum absolute atomic E-state index is 6.50. The Morgan fingerprint density at radius 2 is 2.00 bits per heavy atom. The van der Waals surface area contributed by atoms with Gasteiger partial charge in [-0.3, -0.25) is 0 Å². The lowest BCUT2D eigenvalue weighted by Gasteiger charge is -2.55. The highest BCUT2D eigenvalue weighted by Crippen LogP contribution is 2.55. The minimum Gasteiger partial charge on any atom is -0.490 e. The Morgan fingerprint density at radius 3 is 2.67 bits per heavy atom. The van der Waals surface area contributed by atoms with Gasteiger partial charge in [0, 0.05) is 17.2 Å². The van der Waals surface area contributed by atoms with Gasteiger partial charge in [0.15, 0.2) is 0 Å². The fourth-order valence-electron chi connectivity index (χ4n) is 3.56. The van der Waals surface area contributed by atoms with Crippen LogP contribution >= 0.6 is 11.6 Å². The predicted molar refractivity (Wildman–Crippen MR) is 75.4 cm³/mol. The summed E-state index contributed by atoms with van der Waals surface area (Å²) in [5.41, 5.74) is 1.52.